The van der Waals surface area contributed by atoms with E-state index in [2.05, 4.69) is 4.90 Å². The van der Waals surface area contributed by atoms with E-state index in [0.29, 0.717) is 0 Å². The average molecular weight is 256 g/mol. The van der Waals surface area contributed by atoms with Crippen LogP contribution in [-0.4, -0.2) is 23.9 Å². The molecule has 1 fully saturated rings. The molecule has 2 rings (SSSR count). The van der Waals surface area contributed by atoms with Crippen LogP contribution in [0.25, 0.3) is 0 Å². The Kier molecular flexibility index (Phi) is 4.81. The summed E-state index contributed by atoms with van der Waals surface area (Å²) in [6.45, 7) is 3.21. The largest absolute Gasteiger partial charge is 0.299 e. The lowest BCUT2D eigenvalue weighted by atomic mass is 9.95. The Morgan fingerprint density at radius 3 is 2.76 bits per heavy atom. The molecule has 0 bridgehead atoms. The summed E-state index contributed by atoms with van der Waals surface area (Å²) in [7, 11) is 0. The molecule has 0 spiro atoms. The summed E-state index contributed by atoms with van der Waals surface area (Å²) < 4.78 is 12.8. The predicted octanol–water partition coefficient (Wildman–Crippen LogP) is 3.67. The number of likely N-dealkylation sites (tertiary alicyclic amines) is 1. The van der Waals surface area contributed by atoms with Crippen molar-refractivity contribution >= 4 is 11.6 Å². The fourth-order valence-corrected chi connectivity index (χ4v) is 2.84. The molecule has 0 aliphatic carbocycles. The summed E-state index contributed by atoms with van der Waals surface area (Å²) >= 11 is 5.80. The Bertz CT molecular complexity index is 337. The molecule has 0 radical (unpaired) electrons. The molecule has 1 aromatic rings. The van der Waals surface area contributed by atoms with Crippen molar-refractivity contribution in [3.8, 4) is 0 Å². The normalized spacial score (nSPS) is 21.6. The zero-order valence-electron chi connectivity index (χ0n) is 10.0. The minimum Gasteiger partial charge on any atom is -0.299 e. The van der Waals surface area contributed by atoms with Crippen molar-refractivity contribution in [3.63, 3.8) is 0 Å². The van der Waals surface area contributed by atoms with Gasteiger partial charge >= 0.3 is 0 Å². The van der Waals surface area contributed by atoms with Gasteiger partial charge in [0, 0.05) is 19.0 Å². The van der Waals surface area contributed by atoms with Gasteiger partial charge in [0.05, 0.1) is 0 Å². The Labute approximate surface area is 108 Å². The van der Waals surface area contributed by atoms with Gasteiger partial charge in [-0.2, -0.15) is 0 Å². The van der Waals surface area contributed by atoms with Gasteiger partial charge in [-0.05, 0) is 49.4 Å². The van der Waals surface area contributed by atoms with Crippen molar-refractivity contribution in [2.24, 2.45) is 5.92 Å². The number of hydrogen-bond donors (Lipinski definition) is 0. The number of alkyl halides is 1. The molecule has 3 heteroatoms. The second kappa shape index (κ2) is 6.36. The van der Waals surface area contributed by atoms with Gasteiger partial charge in [0.25, 0.3) is 0 Å². The van der Waals surface area contributed by atoms with Gasteiger partial charge in [0.1, 0.15) is 5.82 Å². The highest BCUT2D eigenvalue weighted by atomic mass is 35.5. The standard InChI is InChI=1S/C14H19ClFN/c15-8-7-12-2-1-9-17(10-12)11-13-3-5-14(16)6-4-13/h3-6,12H,1-2,7-11H2. The third-order valence-electron chi connectivity index (χ3n) is 3.44. The minimum atomic E-state index is -0.160. The molecule has 1 aromatic carbocycles. The number of hydrogen-bond acceptors (Lipinski definition) is 1. The molecule has 1 aliphatic rings. The predicted molar refractivity (Wildman–Crippen MR) is 69.7 cm³/mol. The van der Waals surface area contributed by atoms with E-state index in [9.17, 15) is 4.39 Å². The molecule has 17 heavy (non-hydrogen) atoms. The van der Waals surface area contributed by atoms with Crippen molar-refractivity contribution in [1.82, 2.24) is 4.90 Å². The van der Waals surface area contributed by atoms with E-state index in [-0.39, 0.29) is 5.82 Å². The van der Waals surface area contributed by atoms with Crippen LogP contribution in [-0.2, 0) is 6.54 Å². The fraction of sp³-hybridized carbons (Fsp3) is 0.571. The van der Waals surface area contributed by atoms with Crippen LogP contribution in [0.5, 0.6) is 0 Å². The number of nitrogens with zero attached hydrogens (tertiary/aromatic N) is 1. The summed E-state index contributed by atoms with van der Waals surface area (Å²) in [6, 6.07) is 6.83. The zero-order valence-corrected chi connectivity index (χ0v) is 10.8. The van der Waals surface area contributed by atoms with Crippen LogP contribution >= 0.6 is 11.6 Å². The molecule has 94 valence electrons. The lowest BCUT2D eigenvalue weighted by molar-refractivity contribution is 0.165. The zero-order chi connectivity index (χ0) is 12.1. The maximum Gasteiger partial charge on any atom is 0.123 e. The van der Waals surface area contributed by atoms with Crippen LogP contribution in [0.2, 0.25) is 0 Å². The van der Waals surface area contributed by atoms with Crippen LogP contribution in [0, 0.1) is 11.7 Å². The van der Waals surface area contributed by atoms with Crippen LogP contribution in [0.3, 0.4) is 0 Å². The maximum absolute atomic E-state index is 12.8. The van der Waals surface area contributed by atoms with E-state index in [1.54, 1.807) is 0 Å². The SMILES string of the molecule is Fc1ccc(CN2CCCC(CCCl)C2)cc1. The smallest absolute Gasteiger partial charge is 0.123 e. The summed E-state index contributed by atoms with van der Waals surface area (Å²) in [6.07, 6.45) is 3.66. The first-order valence-electron chi connectivity index (χ1n) is 6.30. The van der Waals surface area contributed by atoms with Gasteiger partial charge in [-0.3, -0.25) is 4.90 Å². The molecule has 0 amide bonds. The molecule has 1 nitrogen and oxygen atoms in total. The van der Waals surface area contributed by atoms with Gasteiger partial charge in [-0.25, -0.2) is 4.39 Å². The van der Waals surface area contributed by atoms with E-state index in [1.807, 2.05) is 12.1 Å². The highest BCUT2D eigenvalue weighted by Gasteiger charge is 2.19. The van der Waals surface area contributed by atoms with Gasteiger partial charge in [-0.1, -0.05) is 12.1 Å². The van der Waals surface area contributed by atoms with Crippen LogP contribution in [0.4, 0.5) is 4.39 Å². The average Bonchev–Trinajstić information content (AvgIpc) is 2.33. The number of rotatable bonds is 4. The highest BCUT2D eigenvalue weighted by Crippen LogP contribution is 2.21. The summed E-state index contributed by atoms with van der Waals surface area (Å²) in [5, 5.41) is 0. The van der Waals surface area contributed by atoms with Gasteiger partial charge in [-0.15, -0.1) is 11.6 Å². The molecule has 1 atom stereocenters. The molecular formula is C14H19ClFN. The van der Waals surface area contributed by atoms with Gasteiger partial charge in [0.15, 0.2) is 0 Å². The summed E-state index contributed by atoms with van der Waals surface area (Å²) in [5.41, 5.74) is 1.19. The molecular weight excluding hydrogens is 237 g/mol. The first-order valence-corrected chi connectivity index (χ1v) is 6.84. The molecule has 1 unspecified atom stereocenters. The second-order valence-electron chi connectivity index (χ2n) is 4.85. The Balaban J connectivity index is 1.87. The third-order valence-corrected chi connectivity index (χ3v) is 3.66. The minimum absolute atomic E-state index is 0.160. The molecule has 0 saturated carbocycles. The van der Waals surface area contributed by atoms with E-state index < -0.39 is 0 Å². The van der Waals surface area contributed by atoms with Crippen molar-refractivity contribution in [2.45, 2.75) is 25.8 Å². The Morgan fingerprint density at radius 1 is 1.29 bits per heavy atom. The highest BCUT2D eigenvalue weighted by molar-refractivity contribution is 6.17. The van der Waals surface area contributed by atoms with Crippen LogP contribution in [0.15, 0.2) is 24.3 Å². The topological polar surface area (TPSA) is 3.24 Å². The first kappa shape index (κ1) is 12.8. The number of benzene rings is 1. The van der Waals surface area contributed by atoms with E-state index in [1.165, 1.54) is 30.5 Å². The van der Waals surface area contributed by atoms with E-state index in [4.69, 9.17) is 11.6 Å². The Morgan fingerprint density at radius 2 is 2.06 bits per heavy atom. The van der Waals surface area contributed by atoms with Crippen molar-refractivity contribution in [3.05, 3.63) is 35.6 Å². The maximum atomic E-state index is 12.8. The molecule has 1 aliphatic heterocycles. The number of halogens is 2. The number of piperidine rings is 1. The third kappa shape index (κ3) is 3.97. The molecule has 0 N–H and O–H groups in total. The van der Waals surface area contributed by atoms with E-state index in [0.717, 1.165) is 37.9 Å². The van der Waals surface area contributed by atoms with Crippen molar-refractivity contribution in [1.29, 1.82) is 0 Å². The lowest BCUT2D eigenvalue weighted by Gasteiger charge is -2.32. The lowest BCUT2D eigenvalue weighted by Crippen LogP contribution is -2.35. The summed E-state index contributed by atoms with van der Waals surface area (Å²) in [5.74, 6) is 1.34. The van der Waals surface area contributed by atoms with Gasteiger partial charge in [0.2, 0.25) is 0 Å². The molecule has 1 saturated heterocycles. The first-order chi connectivity index (χ1) is 8.28. The van der Waals surface area contributed by atoms with Crippen LogP contribution in [0.1, 0.15) is 24.8 Å². The fourth-order valence-electron chi connectivity index (χ4n) is 2.53. The van der Waals surface area contributed by atoms with Gasteiger partial charge < -0.3 is 0 Å². The second-order valence-corrected chi connectivity index (χ2v) is 5.23. The quantitative estimate of drug-likeness (QED) is 0.742. The summed E-state index contributed by atoms with van der Waals surface area (Å²) in [4.78, 5) is 2.45. The molecule has 1 heterocycles. The van der Waals surface area contributed by atoms with Crippen molar-refractivity contribution < 1.29 is 4.39 Å². The van der Waals surface area contributed by atoms with E-state index >= 15 is 0 Å². The van der Waals surface area contributed by atoms with Crippen LogP contribution < -0.4 is 0 Å². The molecule has 0 aromatic heterocycles. The Hall–Kier alpha value is -0.600. The monoisotopic (exact) mass is 255 g/mol. The van der Waals surface area contributed by atoms with Crippen molar-refractivity contribution in [2.75, 3.05) is 19.0 Å².